The summed E-state index contributed by atoms with van der Waals surface area (Å²) in [4.78, 5) is 0. The minimum atomic E-state index is -0.274. The van der Waals surface area contributed by atoms with Gasteiger partial charge in [0.1, 0.15) is 12.2 Å². The molecular weight excluding hydrogens is 486 g/mol. The molecule has 5 heteroatoms. The molecule has 1 aliphatic rings. The van der Waals surface area contributed by atoms with Gasteiger partial charge in [-0.15, -0.1) is 0 Å². The smallest absolute Gasteiger partial charge is 0.113 e. The number of hydrogen-bond acceptors (Lipinski definition) is 5. The zero-order valence-corrected chi connectivity index (χ0v) is 22.2. The van der Waals surface area contributed by atoms with E-state index in [2.05, 4.69) is 53.8 Å². The summed E-state index contributed by atoms with van der Waals surface area (Å²) in [6.07, 6.45) is -0.719. The maximum Gasteiger partial charge on any atom is 0.113 e. The Bertz CT molecular complexity index is 1210. The number of nitrogens with one attached hydrogen (secondary N) is 1. The van der Waals surface area contributed by atoms with Crippen LogP contribution in [0.5, 0.6) is 0 Å². The van der Waals surface area contributed by atoms with Crippen molar-refractivity contribution >= 4 is 0 Å². The van der Waals surface area contributed by atoms with Crippen LogP contribution in [0.4, 0.5) is 0 Å². The molecule has 5 rings (SSSR count). The molecule has 4 atom stereocenters. The molecule has 1 saturated heterocycles. The van der Waals surface area contributed by atoms with Gasteiger partial charge in [-0.25, -0.2) is 0 Å². The summed E-state index contributed by atoms with van der Waals surface area (Å²) in [5, 5.41) is 3.65. The van der Waals surface area contributed by atoms with E-state index in [4.69, 9.17) is 18.9 Å². The fourth-order valence-corrected chi connectivity index (χ4v) is 4.85. The van der Waals surface area contributed by atoms with E-state index >= 15 is 0 Å². The molecule has 0 aromatic heterocycles. The van der Waals surface area contributed by atoms with Crippen molar-refractivity contribution in [2.45, 2.75) is 50.8 Å². The first-order chi connectivity index (χ1) is 19.3. The maximum atomic E-state index is 6.62. The number of benzene rings is 4. The van der Waals surface area contributed by atoms with Crippen molar-refractivity contribution in [2.75, 3.05) is 13.2 Å². The molecule has 0 amide bonds. The average Bonchev–Trinajstić information content (AvgIpc) is 3.00. The standard InChI is InChI=1S/C34H37NO4/c1-5-13-27(14-6-1)22-36-26-31-33(38-24-29-17-9-3-10-18-29)34(39-25-30-19-11-4-12-20-30)32(21-35-31)37-23-28-15-7-2-8-16-28/h1-20,31-35H,21-26H2/t31-,32+,33+,34-/m1/s1. The quantitative estimate of drug-likeness (QED) is 0.235. The lowest BCUT2D eigenvalue weighted by Crippen LogP contribution is -2.63. The van der Waals surface area contributed by atoms with Crippen molar-refractivity contribution in [1.29, 1.82) is 0 Å². The maximum absolute atomic E-state index is 6.62. The topological polar surface area (TPSA) is 49.0 Å². The SMILES string of the molecule is c1ccc(COC[C@H]2NC[C@H](OCc3ccccc3)[C@@H](OCc3ccccc3)[C@H]2OCc2ccccc2)cc1. The Balaban J connectivity index is 1.32. The Labute approximate surface area is 231 Å². The summed E-state index contributed by atoms with van der Waals surface area (Å²) in [5.74, 6) is 0. The van der Waals surface area contributed by atoms with Crippen LogP contribution in [-0.2, 0) is 45.4 Å². The van der Waals surface area contributed by atoms with Crippen LogP contribution in [0.1, 0.15) is 22.3 Å². The highest BCUT2D eigenvalue weighted by molar-refractivity contribution is 5.16. The summed E-state index contributed by atoms with van der Waals surface area (Å²) in [6, 6.07) is 41.0. The molecule has 1 N–H and O–H groups in total. The van der Waals surface area contributed by atoms with Crippen LogP contribution in [0.2, 0.25) is 0 Å². The molecular formula is C34H37NO4. The number of piperidine rings is 1. The third-order valence-corrected chi connectivity index (χ3v) is 6.95. The van der Waals surface area contributed by atoms with Gasteiger partial charge in [0.2, 0.25) is 0 Å². The van der Waals surface area contributed by atoms with Gasteiger partial charge in [0.05, 0.1) is 45.2 Å². The average molecular weight is 524 g/mol. The van der Waals surface area contributed by atoms with E-state index in [1.165, 1.54) is 0 Å². The highest BCUT2D eigenvalue weighted by atomic mass is 16.6. The molecule has 4 aromatic rings. The van der Waals surface area contributed by atoms with E-state index in [-0.39, 0.29) is 24.4 Å². The van der Waals surface area contributed by atoms with Crippen LogP contribution in [0.25, 0.3) is 0 Å². The molecule has 0 spiro atoms. The van der Waals surface area contributed by atoms with Crippen molar-refractivity contribution in [3.8, 4) is 0 Å². The molecule has 1 fully saturated rings. The molecule has 4 aromatic carbocycles. The van der Waals surface area contributed by atoms with Gasteiger partial charge in [-0.05, 0) is 22.3 Å². The van der Waals surface area contributed by atoms with Crippen LogP contribution in [-0.4, -0.2) is 37.5 Å². The van der Waals surface area contributed by atoms with Crippen molar-refractivity contribution in [3.05, 3.63) is 144 Å². The van der Waals surface area contributed by atoms with Gasteiger partial charge < -0.3 is 24.3 Å². The molecule has 0 radical (unpaired) electrons. The monoisotopic (exact) mass is 523 g/mol. The van der Waals surface area contributed by atoms with Crippen LogP contribution < -0.4 is 5.32 Å². The third-order valence-electron chi connectivity index (χ3n) is 6.95. The highest BCUT2D eigenvalue weighted by Gasteiger charge is 2.42. The van der Waals surface area contributed by atoms with E-state index in [0.717, 1.165) is 22.3 Å². The van der Waals surface area contributed by atoms with Gasteiger partial charge in [0.25, 0.3) is 0 Å². The number of ether oxygens (including phenoxy) is 4. The predicted molar refractivity (Wildman–Crippen MR) is 153 cm³/mol. The fraction of sp³-hybridized carbons (Fsp3) is 0.294. The summed E-state index contributed by atoms with van der Waals surface area (Å²) < 4.78 is 25.9. The molecule has 0 saturated carbocycles. The molecule has 0 aliphatic carbocycles. The van der Waals surface area contributed by atoms with Gasteiger partial charge in [-0.1, -0.05) is 121 Å². The number of rotatable bonds is 13. The predicted octanol–water partition coefficient (Wildman–Crippen LogP) is 5.93. The van der Waals surface area contributed by atoms with Crippen molar-refractivity contribution in [1.82, 2.24) is 5.32 Å². The van der Waals surface area contributed by atoms with Gasteiger partial charge in [0.15, 0.2) is 0 Å². The lowest BCUT2D eigenvalue weighted by atomic mass is 9.95. The summed E-state index contributed by atoms with van der Waals surface area (Å²) in [6.45, 7) is 3.19. The first-order valence-corrected chi connectivity index (χ1v) is 13.7. The van der Waals surface area contributed by atoms with Crippen molar-refractivity contribution < 1.29 is 18.9 Å². The van der Waals surface area contributed by atoms with Gasteiger partial charge >= 0.3 is 0 Å². The molecule has 39 heavy (non-hydrogen) atoms. The van der Waals surface area contributed by atoms with Crippen LogP contribution in [0.3, 0.4) is 0 Å². The van der Waals surface area contributed by atoms with E-state index in [0.29, 0.717) is 39.6 Å². The molecule has 1 heterocycles. The fourth-order valence-electron chi connectivity index (χ4n) is 4.85. The Morgan fingerprint density at radius 2 is 0.897 bits per heavy atom. The second-order valence-corrected chi connectivity index (χ2v) is 9.87. The van der Waals surface area contributed by atoms with Gasteiger partial charge in [-0.2, -0.15) is 0 Å². The minimum Gasteiger partial charge on any atom is -0.375 e. The molecule has 202 valence electrons. The molecule has 5 nitrogen and oxygen atoms in total. The molecule has 1 aliphatic heterocycles. The second-order valence-electron chi connectivity index (χ2n) is 9.87. The van der Waals surface area contributed by atoms with E-state index in [1.54, 1.807) is 0 Å². The normalized spacial score (nSPS) is 21.0. The van der Waals surface area contributed by atoms with Crippen LogP contribution in [0.15, 0.2) is 121 Å². The zero-order valence-electron chi connectivity index (χ0n) is 22.2. The van der Waals surface area contributed by atoms with Crippen molar-refractivity contribution in [3.63, 3.8) is 0 Å². The Hall–Kier alpha value is -3.32. The lowest BCUT2D eigenvalue weighted by Gasteiger charge is -2.43. The molecule has 0 bridgehead atoms. The summed E-state index contributed by atoms with van der Waals surface area (Å²) >= 11 is 0. The Kier molecular flexibility index (Phi) is 10.3. The van der Waals surface area contributed by atoms with E-state index in [1.807, 2.05) is 72.8 Å². The summed E-state index contributed by atoms with van der Waals surface area (Å²) in [7, 11) is 0. The first-order valence-electron chi connectivity index (χ1n) is 13.7. The van der Waals surface area contributed by atoms with Crippen LogP contribution in [0, 0.1) is 0 Å². The summed E-state index contributed by atoms with van der Waals surface area (Å²) in [5.41, 5.74) is 4.53. The van der Waals surface area contributed by atoms with Gasteiger partial charge in [-0.3, -0.25) is 0 Å². The second kappa shape index (κ2) is 14.7. The Morgan fingerprint density at radius 1 is 0.487 bits per heavy atom. The Morgan fingerprint density at radius 3 is 1.38 bits per heavy atom. The van der Waals surface area contributed by atoms with Crippen LogP contribution >= 0.6 is 0 Å². The van der Waals surface area contributed by atoms with Gasteiger partial charge in [0, 0.05) is 6.54 Å². The van der Waals surface area contributed by atoms with E-state index in [9.17, 15) is 0 Å². The van der Waals surface area contributed by atoms with E-state index < -0.39 is 0 Å². The number of hydrogen-bond donors (Lipinski definition) is 1. The highest BCUT2D eigenvalue weighted by Crippen LogP contribution is 2.24. The zero-order chi connectivity index (χ0) is 26.5. The molecule has 0 unspecified atom stereocenters. The third kappa shape index (κ3) is 8.33. The largest absolute Gasteiger partial charge is 0.375 e. The van der Waals surface area contributed by atoms with Crippen molar-refractivity contribution in [2.24, 2.45) is 0 Å². The lowest BCUT2D eigenvalue weighted by molar-refractivity contribution is -0.181. The first kappa shape index (κ1) is 27.3. The minimum absolute atomic E-state index is 0.0465.